The average Bonchev–Trinajstić information content (AvgIpc) is 3.36. The predicted octanol–water partition coefficient (Wildman–Crippen LogP) is 13.1. The lowest BCUT2D eigenvalue weighted by molar-refractivity contribution is 0.663. The molecule has 47 heavy (non-hydrogen) atoms. The number of hydrogen-bond donors (Lipinski definition) is 0. The Hall–Kier alpha value is -5.72. The second-order valence-electron chi connectivity index (χ2n) is 13.7. The van der Waals surface area contributed by atoms with E-state index in [2.05, 4.69) is 172 Å². The third kappa shape index (κ3) is 3.76. The Balaban J connectivity index is 1.26. The van der Waals surface area contributed by atoms with Crippen LogP contribution in [0.25, 0.3) is 87.2 Å². The maximum absolute atomic E-state index is 2.50. The van der Waals surface area contributed by atoms with Gasteiger partial charge < -0.3 is 0 Å². The molecule has 0 aromatic heterocycles. The second-order valence-corrected chi connectivity index (χ2v) is 13.7. The van der Waals surface area contributed by atoms with Gasteiger partial charge in [0.1, 0.15) is 0 Å². The van der Waals surface area contributed by atoms with Crippen molar-refractivity contribution in [1.29, 1.82) is 0 Å². The summed E-state index contributed by atoms with van der Waals surface area (Å²) in [5.74, 6) is 0. The highest BCUT2D eigenvalue weighted by atomic mass is 14.4. The summed E-state index contributed by atoms with van der Waals surface area (Å²) >= 11 is 0. The van der Waals surface area contributed by atoms with E-state index < -0.39 is 0 Å². The van der Waals surface area contributed by atoms with E-state index in [1.807, 2.05) is 0 Å². The molecule has 0 nitrogen and oxygen atoms in total. The summed E-state index contributed by atoms with van der Waals surface area (Å²) in [7, 11) is 0. The summed E-state index contributed by atoms with van der Waals surface area (Å²) in [6.45, 7) is 4.85. The molecule has 9 aromatic carbocycles. The van der Waals surface area contributed by atoms with Crippen molar-refractivity contribution in [3.63, 3.8) is 0 Å². The van der Waals surface area contributed by atoms with Crippen LogP contribution in [0.1, 0.15) is 25.0 Å². The van der Waals surface area contributed by atoms with Gasteiger partial charge in [0.25, 0.3) is 0 Å². The molecule has 0 unspecified atom stereocenters. The highest BCUT2D eigenvalue weighted by molar-refractivity contribution is 6.20. The summed E-state index contributed by atoms with van der Waals surface area (Å²) in [5, 5.41) is 12.9. The Labute approximate surface area is 274 Å². The Morgan fingerprint density at radius 3 is 1.72 bits per heavy atom. The molecule has 0 spiro atoms. The van der Waals surface area contributed by atoms with Gasteiger partial charge in [0.2, 0.25) is 0 Å². The van der Waals surface area contributed by atoms with Crippen LogP contribution in [-0.4, -0.2) is 0 Å². The van der Waals surface area contributed by atoms with Gasteiger partial charge in [-0.2, -0.15) is 0 Å². The van der Waals surface area contributed by atoms with Crippen molar-refractivity contribution in [1.82, 2.24) is 0 Å². The largest absolute Gasteiger partial charge is 0.0616 e. The molecule has 0 N–H and O–H groups in total. The fourth-order valence-corrected chi connectivity index (χ4v) is 8.56. The summed E-state index contributed by atoms with van der Waals surface area (Å²) in [6, 6.07) is 58.9. The van der Waals surface area contributed by atoms with E-state index in [0.717, 1.165) is 0 Å². The van der Waals surface area contributed by atoms with Gasteiger partial charge in [0.15, 0.2) is 0 Å². The first-order chi connectivity index (χ1) is 23.1. The van der Waals surface area contributed by atoms with Gasteiger partial charge in [-0.3, -0.25) is 0 Å². The lowest BCUT2D eigenvalue weighted by atomic mass is 9.77. The van der Waals surface area contributed by atoms with Crippen molar-refractivity contribution in [2.75, 3.05) is 0 Å². The smallest absolute Gasteiger partial charge is 0.0165 e. The molecule has 0 heterocycles. The second kappa shape index (κ2) is 9.64. The van der Waals surface area contributed by atoms with Gasteiger partial charge in [0.05, 0.1) is 0 Å². The zero-order valence-corrected chi connectivity index (χ0v) is 26.5. The third-order valence-corrected chi connectivity index (χ3v) is 10.8. The first-order valence-electron chi connectivity index (χ1n) is 16.6. The van der Waals surface area contributed by atoms with Crippen LogP contribution >= 0.6 is 0 Å². The fraction of sp³-hybridized carbons (Fsp3) is 0.0638. The number of fused-ring (bicyclic) bond motifs is 10. The topological polar surface area (TPSA) is 0 Å². The molecule has 0 saturated heterocycles. The maximum Gasteiger partial charge on any atom is 0.0165 e. The van der Waals surface area contributed by atoms with E-state index in [4.69, 9.17) is 0 Å². The molecule has 0 amide bonds. The van der Waals surface area contributed by atoms with Gasteiger partial charge in [-0.1, -0.05) is 147 Å². The van der Waals surface area contributed by atoms with Crippen molar-refractivity contribution in [2.24, 2.45) is 0 Å². The monoisotopic (exact) mass is 596 g/mol. The molecular formula is C47H32. The Kier molecular flexibility index (Phi) is 5.44. The van der Waals surface area contributed by atoms with E-state index in [0.29, 0.717) is 0 Å². The highest BCUT2D eigenvalue weighted by Crippen LogP contribution is 2.56. The average molecular weight is 597 g/mol. The molecular weight excluding hydrogens is 565 g/mol. The quantitative estimate of drug-likeness (QED) is 0.138. The molecule has 10 rings (SSSR count). The molecule has 0 atom stereocenters. The molecule has 1 aliphatic carbocycles. The lowest BCUT2D eigenvalue weighted by Crippen LogP contribution is -2.16. The van der Waals surface area contributed by atoms with Crippen LogP contribution in [-0.2, 0) is 5.41 Å². The lowest BCUT2D eigenvalue weighted by Gasteiger charge is -2.26. The van der Waals surface area contributed by atoms with Crippen molar-refractivity contribution in [2.45, 2.75) is 19.3 Å². The SMILES string of the molecule is CC1(C)c2cc(-c3c4ccccc4cc4c3ccc3ccccc34)ccc2-c2c1c(-c1ccc3ccccc3c1)cc1ccccc21. The highest BCUT2D eigenvalue weighted by Gasteiger charge is 2.39. The third-order valence-electron chi connectivity index (χ3n) is 10.8. The molecule has 0 aliphatic heterocycles. The van der Waals surface area contributed by atoms with Gasteiger partial charge in [-0.15, -0.1) is 0 Å². The van der Waals surface area contributed by atoms with Crippen molar-refractivity contribution in [3.8, 4) is 33.4 Å². The standard InChI is InChI=1S/C47H32/c1-47(2)43-28-35(44-37-17-9-6-15-33(37)27-42-36-16-8-5-12-30(36)21-23-39(42)44)22-24-40(43)45-38-18-10-7-14-32(38)26-41(46(45)47)34-20-19-29-11-3-4-13-31(29)25-34/h3-28H,1-2H3. The summed E-state index contributed by atoms with van der Waals surface area (Å²) in [4.78, 5) is 0. The first-order valence-corrected chi connectivity index (χ1v) is 16.6. The van der Waals surface area contributed by atoms with Crippen LogP contribution in [0.2, 0.25) is 0 Å². The van der Waals surface area contributed by atoms with Crippen molar-refractivity contribution < 1.29 is 0 Å². The summed E-state index contributed by atoms with van der Waals surface area (Å²) < 4.78 is 0. The maximum atomic E-state index is 2.50. The van der Waals surface area contributed by atoms with E-state index >= 15 is 0 Å². The molecule has 1 aliphatic rings. The number of benzene rings is 9. The minimum atomic E-state index is -0.196. The van der Waals surface area contributed by atoms with Crippen LogP contribution < -0.4 is 0 Å². The first kappa shape index (κ1) is 26.5. The Morgan fingerprint density at radius 2 is 0.936 bits per heavy atom. The van der Waals surface area contributed by atoms with Gasteiger partial charge >= 0.3 is 0 Å². The molecule has 0 saturated carbocycles. The zero-order valence-electron chi connectivity index (χ0n) is 26.5. The molecule has 0 heteroatoms. The zero-order chi connectivity index (χ0) is 31.3. The molecule has 0 fully saturated rings. The van der Waals surface area contributed by atoms with Gasteiger partial charge in [-0.05, 0) is 123 Å². The van der Waals surface area contributed by atoms with Crippen LogP contribution in [0.5, 0.6) is 0 Å². The van der Waals surface area contributed by atoms with Crippen molar-refractivity contribution >= 4 is 53.9 Å². The minimum absolute atomic E-state index is 0.196. The van der Waals surface area contributed by atoms with Crippen LogP contribution in [0.3, 0.4) is 0 Å². The van der Waals surface area contributed by atoms with E-state index in [9.17, 15) is 0 Å². The molecule has 0 radical (unpaired) electrons. The molecule has 220 valence electrons. The predicted molar refractivity (Wildman–Crippen MR) is 202 cm³/mol. The Morgan fingerprint density at radius 1 is 0.340 bits per heavy atom. The minimum Gasteiger partial charge on any atom is -0.0616 e. The van der Waals surface area contributed by atoms with E-state index in [1.165, 1.54) is 98.4 Å². The number of rotatable bonds is 2. The van der Waals surface area contributed by atoms with E-state index in [1.54, 1.807) is 0 Å². The van der Waals surface area contributed by atoms with Crippen LogP contribution in [0, 0.1) is 0 Å². The number of hydrogen-bond acceptors (Lipinski definition) is 0. The normalized spacial score (nSPS) is 13.5. The molecule has 0 bridgehead atoms. The fourth-order valence-electron chi connectivity index (χ4n) is 8.56. The van der Waals surface area contributed by atoms with Crippen LogP contribution in [0.4, 0.5) is 0 Å². The summed E-state index contributed by atoms with van der Waals surface area (Å²) in [6.07, 6.45) is 0. The van der Waals surface area contributed by atoms with Gasteiger partial charge in [-0.25, -0.2) is 0 Å². The van der Waals surface area contributed by atoms with E-state index in [-0.39, 0.29) is 5.41 Å². The molecule has 9 aromatic rings. The van der Waals surface area contributed by atoms with Gasteiger partial charge in [0, 0.05) is 5.41 Å². The van der Waals surface area contributed by atoms with Crippen molar-refractivity contribution in [3.05, 3.63) is 169 Å². The Bertz CT molecular complexity index is 2760. The summed E-state index contributed by atoms with van der Waals surface area (Å²) in [5.41, 5.74) is 10.6. The van der Waals surface area contributed by atoms with Crippen LogP contribution in [0.15, 0.2) is 158 Å².